The number of ether oxygens (including phenoxy) is 4. The molecule has 0 aromatic heterocycles. The van der Waals surface area contributed by atoms with Gasteiger partial charge in [0.05, 0.1) is 19.8 Å². The molecule has 1 aromatic rings. The zero-order chi connectivity index (χ0) is 13.2. The lowest BCUT2D eigenvalue weighted by atomic mass is 10.2. The number of aliphatic hydroxyl groups is 1. The smallest absolute Gasteiger partial charge is 0.123 e. The maximum Gasteiger partial charge on any atom is 0.123 e. The van der Waals surface area contributed by atoms with E-state index >= 15 is 0 Å². The predicted molar refractivity (Wildman–Crippen MR) is 67.1 cm³/mol. The molecule has 1 N–H and O–H groups in total. The largest absolute Gasteiger partial charge is 0.491 e. The van der Waals surface area contributed by atoms with E-state index in [1.807, 2.05) is 0 Å². The highest BCUT2D eigenvalue weighted by Crippen LogP contribution is 2.23. The minimum absolute atomic E-state index is 0.0535. The van der Waals surface area contributed by atoms with Crippen LogP contribution in [0.2, 0.25) is 0 Å². The Kier molecular flexibility index (Phi) is 7.17. The number of hydrogen-bond donors (Lipinski definition) is 1. The highest BCUT2D eigenvalue weighted by Gasteiger charge is 2.03. The molecular formula is C13H20O5. The van der Waals surface area contributed by atoms with Crippen LogP contribution in [0.3, 0.4) is 0 Å². The van der Waals surface area contributed by atoms with E-state index in [2.05, 4.69) is 0 Å². The van der Waals surface area contributed by atoms with Gasteiger partial charge < -0.3 is 24.1 Å². The molecule has 0 aliphatic carbocycles. The summed E-state index contributed by atoms with van der Waals surface area (Å²) in [4.78, 5) is 0. The molecule has 0 aliphatic heterocycles. The van der Waals surface area contributed by atoms with Crippen molar-refractivity contribution in [2.75, 3.05) is 40.6 Å². The van der Waals surface area contributed by atoms with Gasteiger partial charge in [-0.05, 0) is 17.7 Å². The van der Waals surface area contributed by atoms with Gasteiger partial charge in [0.2, 0.25) is 0 Å². The second kappa shape index (κ2) is 8.74. The highest BCUT2D eigenvalue weighted by molar-refractivity contribution is 5.38. The fourth-order valence-electron chi connectivity index (χ4n) is 1.37. The van der Waals surface area contributed by atoms with Crippen LogP contribution in [0.25, 0.3) is 0 Å². The van der Waals surface area contributed by atoms with Crippen LogP contribution in [0, 0.1) is 0 Å². The van der Waals surface area contributed by atoms with Crippen molar-refractivity contribution in [2.45, 2.75) is 6.61 Å². The lowest BCUT2D eigenvalue weighted by molar-refractivity contribution is 0.142. The van der Waals surface area contributed by atoms with Gasteiger partial charge in [-0.25, -0.2) is 0 Å². The normalized spacial score (nSPS) is 10.4. The van der Waals surface area contributed by atoms with Crippen molar-refractivity contribution < 1.29 is 24.1 Å². The minimum atomic E-state index is -0.0535. The first-order chi connectivity index (χ1) is 8.80. The molecule has 1 aromatic carbocycles. The third-order valence-electron chi connectivity index (χ3n) is 2.23. The van der Waals surface area contributed by atoms with E-state index in [0.29, 0.717) is 37.9 Å². The Hall–Kier alpha value is -1.30. The molecule has 102 valence electrons. The summed E-state index contributed by atoms with van der Waals surface area (Å²) < 4.78 is 20.8. The van der Waals surface area contributed by atoms with Crippen molar-refractivity contribution in [3.63, 3.8) is 0 Å². The lowest BCUT2D eigenvalue weighted by Gasteiger charge is -2.11. The summed E-state index contributed by atoms with van der Waals surface area (Å²) in [6, 6.07) is 5.34. The van der Waals surface area contributed by atoms with Crippen molar-refractivity contribution in [1.29, 1.82) is 0 Å². The first-order valence-corrected chi connectivity index (χ1v) is 5.78. The molecule has 5 nitrogen and oxygen atoms in total. The van der Waals surface area contributed by atoms with Gasteiger partial charge in [-0.2, -0.15) is 0 Å². The van der Waals surface area contributed by atoms with Crippen LogP contribution >= 0.6 is 0 Å². The summed E-state index contributed by atoms with van der Waals surface area (Å²) >= 11 is 0. The maximum absolute atomic E-state index is 9.17. The van der Waals surface area contributed by atoms with Gasteiger partial charge in [0, 0.05) is 20.3 Å². The quantitative estimate of drug-likeness (QED) is 0.673. The molecule has 0 amide bonds. The molecule has 0 aliphatic rings. The molecule has 0 unspecified atom stereocenters. The average Bonchev–Trinajstić information content (AvgIpc) is 2.39. The molecule has 0 saturated heterocycles. The van der Waals surface area contributed by atoms with Crippen LogP contribution < -0.4 is 9.47 Å². The molecule has 0 heterocycles. The van der Waals surface area contributed by atoms with Gasteiger partial charge in [0.25, 0.3) is 0 Å². The third-order valence-corrected chi connectivity index (χ3v) is 2.23. The average molecular weight is 256 g/mol. The van der Waals surface area contributed by atoms with Gasteiger partial charge in [-0.3, -0.25) is 0 Å². The number of benzene rings is 1. The van der Waals surface area contributed by atoms with Crippen molar-refractivity contribution >= 4 is 0 Å². The van der Waals surface area contributed by atoms with Crippen molar-refractivity contribution in [3.8, 4) is 11.5 Å². The summed E-state index contributed by atoms with van der Waals surface area (Å²) in [6.45, 7) is 1.90. The summed E-state index contributed by atoms with van der Waals surface area (Å²) in [7, 11) is 3.24. The molecule has 0 spiro atoms. The van der Waals surface area contributed by atoms with Crippen LogP contribution in [0.15, 0.2) is 18.2 Å². The maximum atomic E-state index is 9.17. The molecule has 0 radical (unpaired) electrons. The number of rotatable bonds is 9. The second-order valence-corrected chi connectivity index (χ2v) is 3.65. The van der Waals surface area contributed by atoms with Crippen LogP contribution in [-0.2, 0) is 16.1 Å². The van der Waals surface area contributed by atoms with Crippen molar-refractivity contribution in [3.05, 3.63) is 23.8 Å². The van der Waals surface area contributed by atoms with Crippen LogP contribution in [-0.4, -0.2) is 45.8 Å². The Morgan fingerprint density at radius 3 is 1.72 bits per heavy atom. The van der Waals surface area contributed by atoms with Crippen molar-refractivity contribution in [2.24, 2.45) is 0 Å². The zero-order valence-corrected chi connectivity index (χ0v) is 10.8. The fraction of sp³-hybridized carbons (Fsp3) is 0.538. The molecule has 18 heavy (non-hydrogen) atoms. The van der Waals surface area contributed by atoms with Gasteiger partial charge in [-0.1, -0.05) is 0 Å². The molecule has 1 rings (SSSR count). The fourth-order valence-corrected chi connectivity index (χ4v) is 1.37. The van der Waals surface area contributed by atoms with E-state index in [-0.39, 0.29) is 6.61 Å². The van der Waals surface area contributed by atoms with Crippen LogP contribution in [0.5, 0.6) is 11.5 Å². The van der Waals surface area contributed by atoms with Gasteiger partial charge in [-0.15, -0.1) is 0 Å². The van der Waals surface area contributed by atoms with Gasteiger partial charge >= 0.3 is 0 Å². The standard InChI is InChI=1S/C13H20O5/c1-15-3-5-17-12-7-11(10-14)8-13(9-12)18-6-4-16-2/h7-9,14H,3-6,10H2,1-2H3. The molecule has 0 saturated carbocycles. The SMILES string of the molecule is COCCOc1cc(CO)cc(OCCOC)c1. The van der Waals surface area contributed by atoms with E-state index in [4.69, 9.17) is 24.1 Å². The molecule has 0 atom stereocenters. The molecular weight excluding hydrogens is 236 g/mol. The number of methoxy groups -OCH3 is 2. The van der Waals surface area contributed by atoms with Gasteiger partial charge in [0.15, 0.2) is 0 Å². The van der Waals surface area contributed by atoms with Crippen LogP contribution in [0.1, 0.15) is 5.56 Å². The van der Waals surface area contributed by atoms with Crippen LogP contribution in [0.4, 0.5) is 0 Å². The van der Waals surface area contributed by atoms with E-state index in [0.717, 1.165) is 5.56 Å². The molecule has 0 bridgehead atoms. The topological polar surface area (TPSA) is 57.2 Å². The Balaban J connectivity index is 2.62. The Morgan fingerprint density at radius 1 is 0.833 bits per heavy atom. The first-order valence-electron chi connectivity index (χ1n) is 5.78. The van der Waals surface area contributed by atoms with E-state index in [1.54, 1.807) is 32.4 Å². The predicted octanol–water partition coefficient (Wildman–Crippen LogP) is 1.23. The third kappa shape index (κ3) is 5.35. The Bertz CT molecular complexity index is 312. The van der Waals surface area contributed by atoms with E-state index in [1.165, 1.54) is 0 Å². The van der Waals surface area contributed by atoms with Crippen molar-refractivity contribution in [1.82, 2.24) is 0 Å². The summed E-state index contributed by atoms with van der Waals surface area (Å²) in [5.41, 5.74) is 0.748. The van der Waals surface area contributed by atoms with E-state index < -0.39 is 0 Å². The molecule has 5 heteroatoms. The summed E-state index contributed by atoms with van der Waals surface area (Å²) in [6.07, 6.45) is 0. The first kappa shape index (κ1) is 14.8. The highest BCUT2D eigenvalue weighted by atomic mass is 16.5. The number of hydrogen-bond acceptors (Lipinski definition) is 5. The summed E-state index contributed by atoms with van der Waals surface area (Å²) in [5, 5.41) is 9.17. The number of aliphatic hydroxyl groups excluding tert-OH is 1. The zero-order valence-electron chi connectivity index (χ0n) is 10.8. The van der Waals surface area contributed by atoms with Gasteiger partial charge in [0.1, 0.15) is 24.7 Å². The summed E-state index contributed by atoms with van der Waals surface area (Å²) in [5.74, 6) is 1.32. The Morgan fingerprint density at radius 2 is 1.33 bits per heavy atom. The molecule has 0 fully saturated rings. The van der Waals surface area contributed by atoms with E-state index in [9.17, 15) is 0 Å². The second-order valence-electron chi connectivity index (χ2n) is 3.65. The Labute approximate surface area is 107 Å². The monoisotopic (exact) mass is 256 g/mol. The lowest BCUT2D eigenvalue weighted by Crippen LogP contribution is -2.07. The minimum Gasteiger partial charge on any atom is -0.491 e.